The Hall–Kier alpha value is -3.43. The van der Waals surface area contributed by atoms with Crippen LogP contribution in [0, 0.1) is 29.1 Å². The molecule has 5 rings (SSSR count). The fourth-order valence-corrected chi connectivity index (χ4v) is 7.07. The molecule has 10 nitrogen and oxygen atoms in total. The highest BCUT2D eigenvalue weighted by atomic mass is 16.2. The number of carbonyl (C=O) groups is 5. The fraction of sp³-hybridized carbons (Fsp3) is 0.645. The smallest absolute Gasteiger partial charge is 0.315 e. The van der Waals surface area contributed by atoms with Crippen molar-refractivity contribution in [2.24, 2.45) is 34.8 Å². The van der Waals surface area contributed by atoms with E-state index in [2.05, 4.69) is 29.8 Å². The van der Waals surface area contributed by atoms with Gasteiger partial charge in [-0.05, 0) is 80.2 Å². The molecule has 4 aliphatic rings. The Bertz CT molecular complexity index is 1240. The number of hydrogen-bond acceptors (Lipinski definition) is 5. The summed E-state index contributed by atoms with van der Waals surface area (Å²) < 4.78 is 0. The maximum atomic E-state index is 14.4. The Labute approximate surface area is 241 Å². The lowest BCUT2D eigenvalue weighted by Crippen LogP contribution is -2.61. The minimum atomic E-state index is -1.07. The van der Waals surface area contributed by atoms with Gasteiger partial charge in [-0.15, -0.1) is 0 Å². The molecule has 1 saturated heterocycles. The summed E-state index contributed by atoms with van der Waals surface area (Å²) in [4.78, 5) is 67.2. The summed E-state index contributed by atoms with van der Waals surface area (Å²) in [5.41, 5.74) is 6.97. The quantitative estimate of drug-likeness (QED) is 0.336. The number of fused-ring (bicyclic) bond motifs is 2. The number of rotatable bonds is 9. The van der Waals surface area contributed by atoms with E-state index < -0.39 is 47.3 Å². The Kier molecular flexibility index (Phi) is 7.40. The fourth-order valence-electron chi connectivity index (χ4n) is 7.07. The molecular weight excluding hydrogens is 522 g/mol. The highest BCUT2D eigenvalue weighted by Gasteiger charge is 2.69. The number of Topliss-reactive ketones (excluding diaryl/α,β-unsaturated/α-hetero) is 1. The topological polar surface area (TPSA) is 151 Å². The van der Waals surface area contributed by atoms with E-state index in [0.29, 0.717) is 25.8 Å². The van der Waals surface area contributed by atoms with Crippen LogP contribution in [0.5, 0.6) is 0 Å². The first-order valence-electron chi connectivity index (χ1n) is 14.8. The number of likely N-dealkylation sites (tertiary alicyclic amines) is 1. The number of nitrogens with two attached hydrogens (primary N) is 1. The largest absolute Gasteiger partial charge is 0.363 e. The van der Waals surface area contributed by atoms with Crippen molar-refractivity contribution in [1.29, 1.82) is 0 Å². The van der Waals surface area contributed by atoms with Gasteiger partial charge in [-0.25, -0.2) is 4.79 Å². The predicted octanol–water partition coefficient (Wildman–Crippen LogP) is 1.69. The first-order valence-corrected chi connectivity index (χ1v) is 14.8. The molecule has 5 amide bonds. The summed E-state index contributed by atoms with van der Waals surface area (Å²) in [5.74, 6) is -2.47. The molecule has 0 bridgehead atoms. The number of amides is 5. The van der Waals surface area contributed by atoms with Crippen LogP contribution in [0.25, 0.3) is 0 Å². The van der Waals surface area contributed by atoms with Crippen molar-refractivity contribution in [3.8, 4) is 0 Å². The first-order chi connectivity index (χ1) is 19.2. The Morgan fingerprint density at radius 2 is 1.63 bits per heavy atom. The third kappa shape index (κ3) is 5.97. The molecule has 2 saturated carbocycles. The third-order valence-electron chi connectivity index (χ3n) is 9.50. The first kappa shape index (κ1) is 29.1. The van der Waals surface area contributed by atoms with Gasteiger partial charge in [0.05, 0.1) is 6.04 Å². The van der Waals surface area contributed by atoms with Crippen molar-refractivity contribution in [3.63, 3.8) is 0 Å². The van der Waals surface area contributed by atoms with Crippen LogP contribution in [-0.4, -0.2) is 64.6 Å². The zero-order chi connectivity index (χ0) is 29.9. The second-order valence-electron chi connectivity index (χ2n) is 14.1. The molecule has 10 heteroatoms. The monoisotopic (exact) mass is 565 g/mol. The standard InChI is InChI=1S/C31H43N5O5/c1-30(2,3)35-29(41)34-23(19-13-17-8-6-7-9-18(17)14-19)28(40)36-15-20-22(31(20,4)5)24(36)27(39)33-21(12-16-10-11-16)25(37)26(32)38/h6-9,16,19-24H,10-15H2,1-5H3,(H2,32,38)(H,33,39)(H2,34,35,41)/t20?,21?,22-,23-,24-/m0/s1. The minimum absolute atomic E-state index is 0.0819. The van der Waals surface area contributed by atoms with Gasteiger partial charge in [-0.1, -0.05) is 51.0 Å². The average Bonchev–Trinajstić information content (AvgIpc) is 3.63. The van der Waals surface area contributed by atoms with Crippen molar-refractivity contribution < 1.29 is 24.0 Å². The number of hydrogen-bond donors (Lipinski definition) is 4. The highest BCUT2D eigenvalue weighted by molar-refractivity contribution is 6.37. The summed E-state index contributed by atoms with van der Waals surface area (Å²) in [6.07, 6.45) is 3.53. The highest BCUT2D eigenvalue weighted by Crippen LogP contribution is 2.65. The van der Waals surface area contributed by atoms with E-state index in [1.54, 1.807) is 4.90 Å². The van der Waals surface area contributed by atoms with Gasteiger partial charge in [0.15, 0.2) is 0 Å². The summed E-state index contributed by atoms with van der Waals surface area (Å²) in [6, 6.07) is 4.96. The number of urea groups is 1. The Balaban J connectivity index is 1.39. The van der Waals surface area contributed by atoms with Crippen LogP contribution in [0.2, 0.25) is 0 Å². The van der Waals surface area contributed by atoms with Crippen LogP contribution >= 0.6 is 0 Å². The van der Waals surface area contributed by atoms with E-state index in [0.717, 1.165) is 24.0 Å². The number of primary amides is 1. The minimum Gasteiger partial charge on any atom is -0.363 e. The molecule has 2 unspecified atom stereocenters. The molecule has 1 aliphatic heterocycles. The maximum Gasteiger partial charge on any atom is 0.315 e. The number of carbonyl (C=O) groups excluding carboxylic acids is 5. The molecular formula is C31H43N5O5. The molecule has 0 spiro atoms. The lowest BCUT2D eigenvalue weighted by molar-refractivity contribution is -0.144. The molecule has 0 radical (unpaired) electrons. The van der Waals surface area contributed by atoms with E-state index in [4.69, 9.17) is 5.73 Å². The number of nitrogens with zero attached hydrogens (tertiary/aromatic N) is 1. The maximum absolute atomic E-state index is 14.4. The van der Waals surface area contributed by atoms with E-state index in [1.807, 2.05) is 45.0 Å². The van der Waals surface area contributed by atoms with Gasteiger partial charge in [-0.2, -0.15) is 0 Å². The Morgan fingerprint density at radius 3 is 2.17 bits per heavy atom. The lowest BCUT2D eigenvalue weighted by atomic mass is 9.93. The van der Waals surface area contributed by atoms with Gasteiger partial charge < -0.3 is 26.6 Å². The van der Waals surface area contributed by atoms with Crippen molar-refractivity contribution in [1.82, 2.24) is 20.9 Å². The molecule has 1 heterocycles. The van der Waals surface area contributed by atoms with E-state index >= 15 is 0 Å². The molecule has 41 heavy (non-hydrogen) atoms. The van der Waals surface area contributed by atoms with Crippen molar-refractivity contribution >= 4 is 29.5 Å². The van der Waals surface area contributed by atoms with Gasteiger partial charge in [0, 0.05) is 12.1 Å². The van der Waals surface area contributed by atoms with Crippen molar-refractivity contribution in [2.45, 2.75) is 90.4 Å². The van der Waals surface area contributed by atoms with Crippen LogP contribution in [0.3, 0.4) is 0 Å². The second kappa shape index (κ2) is 10.4. The molecule has 0 aromatic heterocycles. The van der Waals surface area contributed by atoms with Gasteiger partial charge in [0.25, 0.3) is 5.91 Å². The van der Waals surface area contributed by atoms with Gasteiger partial charge in [-0.3, -0.25) is 19.2 Å². The van der Waals surface area contributed by atoms with Crippen LogP contribution in [-0.2, 0) is 32.0 Å². The lowest BCUT2D eigenvalue weighted by Gasteiger charge is -2.35. The summed E-state index contributed by atoms with van der Waals surface area (Å²) in [7, 11) is 0. The van der Waals surface area contributed by atoms with Crippen LogP contribution in [0.4, 0.5) is 4.79 Å². The molecule has 3 aliphatic carbocycles. The van der Waals surface area contributed by atoms with Gasteiger partial charge in [0.2, 0.25) is 17.6 Å². The molecule has 5 N–H and O–H groups in total. The number of piperidine rings is 1. The van der Waals surface area contributed by atoms with Crippen LogP contribution in [0.1, 0.15) is 65.0 Å². The second-order valence-corrected chi connectivity index (χ2v) is 14.1. The Morgan fingerprint density at radius 1 is 1.02 bits per heavy atom. The predicted molar refractivity (Wildman–Crippen MR) is 152 cm³/mol. The molecule has 222 valence electrons. The number of nitrogens with one attached hydrogen (secondary N) is 3. The number of benzene rings is 1. The zero-order valence-electron chi connectivity index (χ0n) is 24.7. The van der Waals surface area contributed by atoms with Crippen molar-refractivity contribution in [2.75, 3.05) is 6.54 Å². The van der Waals surface area contributed by atoms with E-state index in [9.17, 15) is 24.0 Å². The van der Waals surface area contributed by atoms with Crippen molar-refractivity contribution in [3.05, 3.63) is 35.4 Å². The summed E-state index contributed by atoms with van der Waals surface area (Å²) in [6.45, 7) is 10.2. The average molecular weight is 566 g/mol. The third-order valence-corrected chi connectivity index (χ3v) is 9.50. The molecule has 1 aromatic carbocycles. The van der Waals surface area contributed by atoms with E-state index in [-0.39, 0.29) is 35.0 Å². The normalized spacial score (nSPS) is 25.9. The summed E-state index contributed by atoms with van der Waals surface area (Å²) >= 11 is 0. The molecule has 5 atom stereocenters. The molecule has 3 fully saturated rings. The zero-order valence-corrected chi connectivity index (χ0v) is 24.7. The van der Waals surface area contributed by atoms with Crippen LogP contribution < -0.4 is 21.7 Å². The SMILES string of the molecule is CC(C)(C)NC(=O)N[C@H](C(=O)N1CC2[C@@H]([C@H]1C(=O)NC(CC1CC1)C(=O)C(N)=O)C2(C)C)C1Cc2ccccc2C1. The van der Waals surface area contributed by atoms with E-state index in [1.165, 1.54) is 0 Å². The number of ketones is 1. The van der Waals surface area contributed by atoms with Gasteiger partial charge in [0.1, 0.15) is 12.1 Å². The van der Waals surface area contributed by atoms with Gasteiger partial charge >= 0.3 is 6.03 Å². The molecule has 1 aromatic rings. The van der Waals surface area contributed by atoms with Crippen LogP contribution in [0.15, 0.2) is 24.3 Å². The summed E-state index contributed by atoms with van der Waals surface area (Å²) in [5, 5.41) is 8.66.